The number of nitrogen functional groups attached to an aromatic ring is 2. The van der Waals surface area contributed by atoms with Gasteiger partial charge in [0.1, 0.15) is 68.7 Å². The predicted molar refractivity (Wildman–Crippen MR) is 250 cm³/mol. The highest BCUT2D eigenvalue weighted by atomic mass is 32.2. The van der Waals surface area contributed by atoms with Crippen LogP contribution < -0.4 is 20.9 Å². The summed E-state index contributed by atoms with van der Waals surface area (Å²) in [6.45, 7) is 9.99. The number of likely N-dealkylation sites (tertiary alicyclic amines) is 2. The smallest absolute Gasteiger partial charge is 0.235 e. The van der Waals surface area contributed by atoms with E-state index in [1.54, 1.807) is 0 Å². The molecule has 2 atom stereocenters. The Hall–Kier alpha value is -7.79. The average molecular weight is 887 g/mol. The van der Waals surface area contributed by atoms with E-state index in [1.165, 1.54) is 12.7 Å². The van der Waals surface area contributed by atoms with Crippen molar-refractivity contribution in [1.29, 1.82) is 0 Å². The number of para-hydroxylation sites is 2. The number of hydrogen-bond donors (Lipinski definition) is 2. The van der Waals surface area contributed by atoms with E-state index < -0.39 is 9.84 Å². The minimum Gasteiger partial charge on any atom is -0.457 e. The van der Waals surface area contributed by atoms with Crippen LogP contribution in [0.5, 0.6) is 23.0 Å². The van der Waals surface area contributed by atoms with E-state index >= 15 is 0 Å². The molecule has 0 spiro atoms. The zero-order valence-corrected chi connectivity index (χ0v) is 36.3. The number of rotatable bonds is 12. The van der Waals surface area contributed by atoms with Gasteiger partial charge in [-0.3, -0.25) is 0 Å². The molecule has 4 N–H and O–H groups in total. The van der Waals surface area contributed by atoms with Gasteiger partial charge in [-0.15, -0.1) is 0 Å². The lowest BCUT2D eigenvalue weighted by Crippen LogP contribution is -2.42. The minimum absolute atomic E-state index is 0.0128. The highest BCUT2D eigenvalue weighted by molar-refractivity contribution is 7.98. The Morgan fingerprint density at radius 1 is 0.554 bits per heavy atom. The lowest BCUT2D eigenvalue weighted by atomic mass is 10.1. The zero-order chi connectivity index (χ0) is 44.7. The zero-order valence-electron chi connectivity index (χ0n) is 35.4. The molecule has 2 aliphatic rings. The first kappa shape index (κ1) is 41.2. The van der Waals surface area contributed by atoms with Crippen molar-refractivity contribution in [2.45, 2.75) is 37.8 Å². The number of piperidine rings is 2. The summed E-state index contributed by atoms with van der Waals surface area (Å²) < 4.78 is 44.7. The number of hydrogen-bond acceptors (Lipinski definition) is 14. The Kier molecular flexibility index (Phi) is 10.8. The molecule has 4 aromatic carbocycles. The van der Waals surface area contributed by atoms with Gasteiger partial charge in [0.15, 0.2) is 11.3 Å². The third-order valence-corrected chi connectivity index (χ3v) is 13.8. The summed E-state index contributed by atoms with van der Waals surface area (Å²) in [6, 6.07) is 33.9. The Balaban J connectivity index is 0.861. The van der Waals surface area contributed by atoms with E-state index in [4.69, 9.17) is 31.1 Å². The largest absolute Gasteiger partial charge is 0.457 e. The Labute approximate surface area is 375 Å². The van der Waals surface area contributed by atoms with Gasteiger partial charge < -0.3 is 30.7 Å². The van der Waals surface area contributed by atoms with Gasteiger partial charge in [0.25, 0.3) is 0 Å². The minimum atomic E-state index is -4.09. The van der Waals surface area contributed by atoms with Crippen molar-refractivity contribution >= 4 is 43.5 Å². The number of nitrogens with two attached hydrogens (primary N) is 2. The van der Waals surface area contributed by atoms with E-state index in [0.29, 0.717) is 95.6 Å². The number of benzene rings is 4. The van der Waals surface area contributed by atoms with Crippen LogP contribution in [0.1, 0.15) is 37.8 Å². The first-order chi connectivity index (χ1) is 31.6. The molecule has 6 heterocycles. The molecular formula is C48H46N12O4S. The predicted octanol–water partition coefficient (Wildman–Crippen LogP) is 8.38. The van der Waals surface area contributed by atoms with Gasteiger partial charge in [-0.05, 0) is 98.5 Å². The maximum absolute atomic E-state index is 14.5. The third-order valence-electron chi connectivity index (χ3n) is 12.1. The third kappa shape index (κ3) is 7.94. The van der Waals surface area contributed by atoms with Crippen molar-refractivity contribution in [3.63, 3.8) is 0 Å². The molecule has 0 saturated carbocycles. The summed E-state index contributed by atoms with van der Waals surface area (Å²) in [5.74, 6) is 3.41. The van der Waals surface area contributed by atoms with Crippen LogP contribution in [0, 0.1) is 0 Å². The van der Waals surface area contributed by atoms with Crippen molar-refractivity contribution in [2.24, 2.45) is 0 Å². The second kappa shape index (κ2) is 17.1. The van der Waals surface area contributed by atoms with Gasteiger partial charge in [0.2, 0.25) is 9.84 Å². The fraction of sp³-hybridized carbons (Fsp3) is 0.208. The molecule has 0 amide bonds. The van der Waals surface area contributed by atoms with Crippen molar-refractivity contribution in [3.8, 4) is 45.5 Å². The first-order valence-electron chi connectivity index (χ1n) is 21.4. The van der Waals surface area contributed by atoms with Gasteiger partial charge in [-0.25, -0.2) is 37.7 Å². The van der Waals surface area contributed by atoms with E-state index in [9.17, 15) is 8.42 Å². The maximum Gasteiger partial charge on any atom is 0.235 e. The molecule has 2 saturated heterocycles. The molecule has 2 aliphatic heterocycles. The number of sulfone groups is 1. The fourth-order valence-corrected chi connectivity index (χ4v) is 10.0. The van der Waals surface area contributed by atoms with Gasteiger partial charge in [-0.2, -0.15) is 10.2 Å². The molecule has 328 valence electrons. The summed E-state index contributed by atoms with van der Waals surface area (Å²) in [6.07, 6.45) is 5.71. The lowest BCUT2D eigenvalue weighted by molar-refractivity contribution is 0.216. The second-order valence-corrected chi connectivity index (χ2v) is 18.1. The number of ether oxygens (including phenoxy) is 2. The standard InChI is InChI=1S/C48H46N12O4S/c1-31(57-25-9-11-35(27-57)59-47-41(45(49)51-29-53-47)43(55-59)33-17-21-39(22-18-33)63-37-13-5-3-6-14-37)65(61,62)32(2)58-26-10-12-36(28-58)60-48-42(46(50)52-30-54-48)44(56-60)34-19-23-40(24-20-34)64-38-15-7-4-8-16-38/h3-8,13-24,29-30,35-36H,1-2,9-12,25-28H2,(H2,49,51,53)(H2,50,52,54). The van der Waals surface area contributed by atoms with E-state index in [1.807, 2.05) is 128 Å². The number of anilines is 2. The summed E-state index contributed by atoms with van der Waals surface area (Å²) in [5, 5.41) is 11.3. The Morgan fingerprint density at radius 2 is 0.938 bits per heavy atom. The number of fused-ring (bicyclic) bond motifs is 2. The van der Waals surface area contributed by atoms with E-state index in [2.05, 4.69) is 33.1 Å². The summed E-state index contributed by atoms with van der Waals surface area (Å²) in [4.78, 5) is 21.4. The van der Waals surface area contributed by atoms with Crippen molar-refractivity contribution < 1.29 is 17.9 Å². The molecule has 2 unspecified atom stereocenters. The van der Waals surface area contributed by atoms with Crippen LogP contribution in [-0.2, 0) is 9.84 Å². The monoisotopic (exact) mass is 886 g/mol. The molecule has 0 radical (unpaired) electrons. The number of nitrogens with zero attached hydrogens (tertiary/aromatic N) is 10. The molecule has 16 nitrogen and oxygen atoms in total. The molecule has 0 aliphatic carbocycles. The maximum atomic E-state index is 14.5. The SMILES string of the molecule is C=C(N1CCCC(n2nc(-c3ccc(Oc4ccccc4)cc3)c3c(N)ncnc32)C1)S(=O)(=O)C(=C)N1CCCC(n2nc(-c3ccc(Oc4ccccc4)cc3)c3c(N)ncnc32)C1. The first-order valence-corrected chi connectivity index (χ1v) is 22.9. The summed E-state index contributed by atoms with van der Waals surface area (Å²) in [5.41, 5.74) is 16.9. The van der Waals surface area contributed by atoms with Crippen LogP contribution in [0.2, 0.25) is 0 Å². The lowest BCUT2D eigenvalue weighted by Gasteiger charge is -2.38. The van der Waals surface area contributed by atoms with Gasteiger partial charge in [0.05, 0.1) is 22.9 Å². The molecule has 17 heteroatoms. The number of aromatic nitrogens is 8. The van der Waals surface area contributed by atoms with Crippen LogP contribution in [0.3, 0.4) is 0 Å². The molecule has 10 rings (SSSR count). The van der Waals surface area contributed by atoms with Crippen LogP contribution in [0.15, 0.2) is 145 Å². The van der Waals surface area contributed by atoms with Gasteiger partial charge >= 0.3 is 0 Å². The quantitative estimate of drug-likeness (QED) is 0.119. The van der Waals surface area contributed by atoms with Crippen LogP contribution >= 0.6 is 0 Å². The van der Waals surface area contributed by atoms with Crippen molar-refractivity contribution in [1.82, 2.24) is 49.3 Å². The van der Waals surface area contributed by atoms with Crippen molar-refractivity contribution in [2.75, 3.05) is 37.6 Å². The molecule has 8 aromatic rings. The van der Waals surface area contributed by atoms with E-state index in [-0.39, 0.29) is 22.1 Å². The Bertz CT molecular complexity index is 2950. The van der Waals surface area contributed by atoms with Crippen LogP contribution in [0.25, 0.3) is 44.6 Å². The van der Waals surface area contributed by atoms with Crippen LogP contribution in [-0.4, -0.2) is 83.9 Å². The molecule has 65 heavy (non-hydrogen) atoms. The topological polar surface area (TPSA) is 198 Å². The average Bonchev–Trinajstić information content (AvgIpc) is 3.94. The fourth-order valence-electron chi connectivity index (χ4n) is 8.75. The molecule has 4 aromatic heterocycles. The molecule has 2 fully saturated rings. The summed E-state index contributed by atoms with van der Waals surface area (Å²) in [7, 11) is -4.09. The van der Waals surface area contributed by atoms with Crippen molar-refractivity contribution in [3.05, 3.63) is 145 Å². The Morgan fingerprint density at radius 3 is 1.34 bits per heavy atom. The second-order valence-electron chi connectivity index (χ2n) is 16.2. The van der Waals surface area contributed by atoms with E-state index in [0.717, 1.165) is 35.5 Å². The van der Waals surface area contributed by atoms with Gasteiger partial charge in [-0.1, -0.05) is 49.6 Å². The molecule has 0 bridgehead atoms. The normalized spacial score (nSPS) is 16.7. The van der Waals surface area contributed by atoms with Gasteiger partial charge in [0, 0.05) is 37.3 Å². The van der Waals surface area contributed by atoms with Crippen LogP contribution in [0.4, 0.5) is 11.6 Å². The highest BCUT2D eigenvalue weighted by Crippen LogP contribution is 2.39. The summed E-state index contributed by atoms with van der Waals surface area (Å²) >= 11 is 0. The highest BCUT2D eigenvalue weighted by Gasteiger charge is 2.36. The molecular weight excluding hydrogens is 841 g/mol.